The van der Waals surface area contributed by atoms with Crippen LogP contribution in [0.2, 0.25) is 0 Å². The standard InChI is InChI=1S/C9H16O3S.C9H16OS.C7H12O3.C7H12O2S.C5H10OS.C4H7Br.5C2H6.CH2O3.2K.H/c1-8(2)7-13(10,11)9-5-3-4-6-12-9;1-8(2)7-11-9-5-3-4-6-10-9;2*1-6(8)10-7-4-2-3-5-9-7;7-5-3-1-2-4-6-5;1-4(2)3-5;5*1-2;2-1-4-3;;;/h9H,1,3-7H2,2H3;9H,1,3-7H2,2H3;2*7H,2-5H2,1H3;5,7H,1-4H2;1,3H2,2H3;5*1-2H3;1,3H;;;/q;;;;;;;;;;;;2*+1;-1/p-1. The van der Waals surface area contributed by atoms with E-state index in [0.29, 0.717) is 24.0 Å². The van der Waals surface area contributed by atoms with Crippen molar-refractivity contribution >= 4 is 79.5 Å². The maximum absolute atomic E-state index is 11.6. The van der Waals surface area contributed by atoms with Crippen molar-refractivity contribution in [2.24, 2.45) is 0 Å². The quantitative estimate of drug-likeness (QED) is 0.0324. The van der Waals surface area contributed by atoms with Crippen LogP contribution in [-0.4, -0.2) is 104 Å². The van der Waals surface area contributed by atoms with Gasteiger partial charge in [-0.05, 0) is 111 Å². The van der Waals surface area contributed by atoms with Gasteiger partial charge in [-0.25, -0.2) is 8.42 Å². The summed E-state index contributed by atoms with van der Waals surface area (Å²) in [4.78, 5) is 32.3. The van der Waals surface area contributed by atoms with E-state index in [1.54, 1.807) is 13.8 Å². The third kappa shape index (κ3) is 76.6. The van der Waals surface area contributed by atoms with Crippen molar-refractivity contribution in [1.82, 2.24) is 0 Å². The molecule has 5 fully saturated rings. The average Bonchev–Trinajstić information content (AvgIpc) is 3.38. The molecule has 0 spiro atoms. The van der Waals surface area contributed by atoms with Crippen molar-refractivity contribution < 1.29 is 166 Å². The number of thioether (sulfide) groups is 2. The molecule has 5 saturated heterocycles. The van der Waals surface area contributed by atoms with E-state index in [9.17, 15) is 18.0 Å². The number of ether oxygens (including phenoxy) is 6. The minimum absolute atomic E-state index is 0. The summed E-state index contributed by atoms with van der Waals surface area (Å²) in [6.07, 6.45) is 16.1. The monoisotopic (exact) mass is 1220 g/mol. The Bertz CT molecular complexity index is 1240. The van der Waals surface area contributed by atoms with Crippen molar-refractivity contribution in [1.29, 1.82) is 0 Å². The normalized spacial score (nSPS) is 19.9. The van der Waals surface area contributed by atoms with Crippen LogP contribution in [0.4, 0.5) is 0 Å². The van der Waals surface area contributed by atoms with Crippen LogP contribution in [0.1, 0.15) is 202 Å². The molecule has 13 nitrogen and oxygen atoms in total. The van der Waals surface area contributed by atoms with E-state index in [1.807, 2.05) is 87.9 Å². The summed E-state index contributed by atoms with van der Waals surface area (Å²) in [5.74, 6) is 0.842. The molecule has 5 aliphatic rings. The number of alkyl halides is 1. The molecular formula is C52H105BrK2O13S4. The molecule has 0 bridgehead atoms. The van der Waals surface area contributed by atoms with Crippen molar-refractivity contribution in [3.05, 3.63) is 36.5 Å². The molecular weight excluding hydrogens is 1120 g/mol. The van der Waals surface area contributed by atoms with Gasteiger partial charge in [-0.1, -0.05) is 133 Å². The molecule has 424 valence electrons. The van der Waals surface area contributed by atoms with Crippen LogP contribution in [0, 0.1) is 0 Å². The molecule has 5 unspecified atom stereocenters. The van der Waals surface area contributed by atoms with Gasteiger partial charge in [0.2, 0.25) is 6.29 Å². The third-order valence-corrected chi connectivity index (χ3v) is 13.7. The number of rotatable bonds is 10. The van der Waals surface area contributed by atoms with Gasteiger partial charge in [0, 0.05) is 57.8 Å². The molecule has 0 amide bonds. The van der Waals surface area contributed by atoms with Crippen LogP contribution in [-0.2, 0) is 57.5 Å². The van der Waals surface area contributed by atoms with Gasteiger partial charge in [-0.15, -0.1) is 24.4 Å². The molecule has 20 heteroatoms. The van der Waals surface area contributed by atoms with Gasteiger partial charge in [0.15, 0.2) is 20.4 Å². The first kappa shape index (κ1) is 93.7. The van der Waals surface area contributed by atoms with E-state index in [-0.39, 0.29) is 145 Å². The van der Waals surface area contributed by atoms with Crippen LogP contribution < -0.4 is 108 Å². The van der Waals surface area contributed by atoms with E-state index >= 15 is 0 Å². The van der Waals surface area contributed by atoms with E-state index in [2.05, 4.69) is 60.1 Å². The fraction of sp³-hybridized carbons (Fsp3) is 0.827. The third-order valence-electron chi connectivity index (χ3n) is 7.93. The van der Waals surface area contributed by atoms with Crippen LogP contribution >= 0.6 is 52.1 Å². The summed E-state index contributed by atoms with van der Waals surface area (Å²) in [7, 11) is -3.10. The smallest absolute Gasteiger partial charge is 1.00 e. The van der Waals surface area contributed by atoms with Crippen LogP contribution in [0.15, 0.2) is 36.5 Å². The summed E-state index contributed by atoms with van der Waals surface area (Å²) >= 11 is 10.6. The fourth-order valence-electron chi connectivity index (χ4n) is 5.21. The zero-order chi connectivity index (χ0) is 55.6. The minimum Gasteiger partial charge on any atom is -1.00 e. The second-order valence-electron chi connectivity index (χ2n) is 14.5. The maximum atomic E-state index is 11.6. The van der Waals surface area contributed by atoms with E-state index in [4.69, 9.17) is 38.5 Å². The first-order chi connectivity index (χ1) is 33.5. The van der Waals surface area contributed by atoms with Crippen molar-refractivity contribution in [3.8, 4) is 0 Å². The number of hydrogen-bond acceptors (Lipinski definition) is 16. The van der Waals surface area contributed by atoms with E-state index in [1.165, 1.54) is 68.4 Å². The van der Waals surface area contributed by atoms with Gasteiger partial charge in [0.25, 0.3) is 6.47 Å². The molecule has 72 heavy (non-hydrogen) atoms. The number of esters is 1. The number of allylic oxidation sites excluding steroid dienone is 1. The van der Waals surface area contributed by atoms with Gasteiger partial charge in [-0.3, -0.25) is 14.4 Å². The molecule has 0 aliphatic carbocycles. The predicted octanol–water partition coefficient (Wildman–Crippen LogP) is 8.28. The maximum Gasteiger partial charge on any atom is 1.00 e. The van der Waals surface area contributed by atoms with E-state index in [0.717, 1.165) is 88.9 Å². The SMILES string of the molecule is C=C(C)CBr.C=C(C)CS(=O)(=O)C1CCCCO1.C=C(C)CSC1CCCCO1.CC.CC.CC.CC.CC.CC(=O)OC1CCCCO1.CC(=O)SC1CCCCO1.O=CO[O-].SC1CCCCO1.[H-].[K+].[K+]. The van der Waals surface area contributed by atoms with Gasteiger partial charge in [0.05, 0.1) is 17.8 Å². The Hall–Kier alpha value is 2.34. The second kappa shape index (κ2) is 75.4. The first-order valence-electron chi connectivity index (χ1n) is 25.6. The van der Waals surface area contributed by atoms with Crippen molar-refractivity contribution in [2.75, 3.05) is 49.9 Å². The molecule has 5 aliphatic heterocycles. The van der Waals surface area contributed by atoms with Gasteiger partial charge < -0.3 is 40.0 Å². The molecule has 0 radical (unpaired) electrons. The molecule has 5 rings (SSSR count). The first-order valence-corrected chi connectivity index (χ1v) is 30.9. The number of thiol groups is 1. The van der Waals surface area contributed by atoms with Gasteiger partial charge in [0.1, 0.15) is 10.9 Å². The zero-order valence-corrected chi connectivity index (χ0v) is 59.9. The Morgan fingerprint density at radius 3 is 1.29 bits per heavy atom. The van der Waals surface area contributed by atoms with Gasteiger partial charge in [-0.2, -0.15) is 0 Å². The zero-order valence-electron chi connectivity index (χ0n) is 49.7. The van der Waals surface area contributed by atoms with Gasteiger partial charge >= 0.3 is 109 Å². The van der Waals surface area contributed by atoms with Crippen LogP contribution in [0.3, 0.4) is 0 Å². The molecule has 0 aromatic rings. The molecule has 0 aromatic carbocycles. The number of carbonyl (C=O) groups excluding carboxylic acids is 3. The molecule has 5 heterocycles. The Morgan fingerprint density at radius 2 is 1.03 bits per heavy atom. The summed E-state index contributed by atoms with van der Waals surface area (Å²) in [5.41, 5.74) is 3.32. The summed E-state index contributed by atoms with van der Waals surface area (Å²) in [6, 6.07) is 0. The Kier molecular flexibility index (Phi) is 98.1. The number of sulfone groups is 1. The summed E-state index contributed by atoms with van der Waals surface area (Å²) in [5, 5.41) is 9.51. The number of hydrogen-bond donors (Lipinski definition) is 1. The average molecular weight is 1220 g/mol. The Morgan fingerprint density at radius 1 is 0.639 bits per heavy atom. The molecule has 0 saturated carbocycles. The molecule has 0 N–H and O–H groups in total. The molecule has 5 atom stereocenters. The minimum atomic E-state index is -3.10. The summed E-state index contributed by atoms with van der Waals surface area (Å²) in [6.45, 7) is 43.6. The Labute approximate surface area is 552 Å². The van der Waals surface area contributed by atoms with Crippen molar-refractivity contribution in [3.63, 3.8) is 0 Å². The largest absolute Gasteiger partial charge is 1.00 e. The second-order valence-corrected chi connectivity index (χ2v) is 20.3. The fourth-order valence-corrected chi connectivity index (χ4v) is 9.02. The van der Waals surface area contributed by atoms with Crippen LogP contribution in [0.5, 0.6) is 0 Å². The predicted molar refractivity (Wildman–Crippen MR) is 306 cm³/mol. The molecule has 0 aromatic heterocycles. The van der Waals surface area contributed by atoms with E-state index < -0.39 is 15.3 Å². The Balaban J connectivity index is -0.0000000780. The number of carbonyl (C=O) groups is 3. The topological polar surface area (TPSA) is 173 Å². The number of halogens is 1. The van der Waals surface area contributed by atoms with Crippen LogP contribution in [0.25, 0.3) is 0 Å². The summed E-state index contributed by atoms with van der Waals surface area (Å²) < 4.78 is 54.4. The van der Waals surface area contributed by atoms with Crippen molar-refractivity contribution in [2.45, 2.75) is 228 Å².